The number of piperidine rings is 1. The van der Waals surface area contributed by atoms with E-state index < -0.39 is 25.5 Å². The van der Waals surface area contributed by atoms with Crippen molar-refractivity contribution in [2.24, 2.45) is 11.8 Å². The average molecular weight is 455 g/mol. The van der Waals surface area contributed by atoms with Crippen molar-refractivity contribution in [3.63, 3.8) is 0 Å². The zero-order valence-electron chi connectivity index (χ0n) is 18.4. The summed E-state index contributed by atoms with van der Waals surface area (Å²) in [5.74, 6) is 1.29. The van der Waals surface area contributed by atoms with Gasteiger partial charge >= 0.3 is 0 Å². The zero-order chi connectivity index (χ0) is 21.9. The molecule has 1 N–H and O–H groups in total. The Morgan fingerprint density at radius 1 is 1.20 bits per heavy atom. The monoisotopic (exact) mass is 454 g/mol. The van der Waals surface area contributed by atoms with E-state index in [9.17, 15) is 16.8 Å². The highest BCUT2D eigenvalue weighted by molar-refractivity contribution is 7.92. The standard InChI is InChI=1S/C22H34N2O4S2/c1-15-7-8-24-19(9-15)11-17(13-30(24,27)28)10-16(2)18-5-6-21-20(12-18)22(3,4)14-29(25,26)23-21/h5-6,12,15-17,19,23H,7-11,13-14H2,1-4H3. The second-order valence-corrected chi connectivity index (χ2v) is 14.1. The van der Waals surface area contributed by atoms with E-state index in [2.05, 4.69) is 24.6 Å². The van der Waals surface area contributed by atoms with Gasteiger partial charge in [0.05, 0.1) is 17.2 Å². The summed E-state index contributed by atoms with van der Waals surface area (Å²) >= 11 is 0. The van der Waals surface area contributed by atoms with Crippen molar-refractivity contribution in [1.29, 1.82) is 0 Å². The number of rotatable bonds is 3. The molecule has 2 saturated heterocycles. The Kier molecular flexibility index (Phi) is 5.51. The summed E-state index contributed by atoms with van der Waals surface area (Å²) in [6.45, 7) is 8.98. The number of hydrogen-bond acceptors (Lipinski definition) is 4. The number of hydrogen-bond donors (Lipinski definition) is 1. The van der Waals surface area contributed by atoms with Crippen LogP contribution in [0, 0.1) is 11.8 Å². The van der Waals surface area contributed by atoms with Gasteiger partial charge in [-0.3, -0.25) is 4.72 Å². The van der Waals surface area contributed by atoms with E-state index in [0.717, 1.165) is 36.8 Å². The van der Waals surface area contributed by atoms with Crippen LogP contribution in [0.15, 0.2) is 18.2 Å². The first kappa shape index (κ1) is 22.1. The molecule has 4 atom stereocenters. The quantitative estimate of drug-likeness (QED) is 0.755. The summed E-state index contributed by atoms with van der Waals surface area (Å²) < 4.78 is 54.4. The predicted molar refractivity (Wildman–Crippen MR) is 121 cm³/mol. The van der Waals surface area contributed by atoms with Crippen LogP contribution in [-0.4, -0.2) is 45.2 Å². The molecule has 6 nitrogen and oxygen atoms in total. The minimum atomic E-state index is -3.31. The van der Waals surface area contributed by atoms with Gasteiger partial charge in [0.1, 0.15) is 0 Å². The summed E-state index contributed by atoms with van der Waals surface area (Å²) in [6, 6.07) is 6.12. The molecular weight excluding hydrogens is 420 g/mol. The lowest BCUT2D eigenvalue weighted by atomic mass is 9.80. The largest absolute Gasteiger partial charge is 0.283 e. The van der Waals surface area contributed by atoms with Gasteiger partial charge in [-0.25, -0.2) is 16.8 Å². The maximum atomic E-state index is 12.8. The third kappa shape index (κ3) is 4.28. The van der Waals surface area contributed by atoms with Gasteiger partial charge in [-0.05, 0) is 60.6 Å². The van der Waals surface area contributed by atoms with Gasteiger partial charge < -0.3 is 0 Å². The summed E-state index contributed by atoms with van der Waals surface area (Å²) in [5.41, 5.74) is 2.38. The molecule has 0 saturated carbocycles. The van der Waals surface area contributed by atoms with Gasteiger partial charge in [-0.2, -0.15) is 4.31 Å². The molecule has 0 bridgehead atoms. The molecule has 4 rings (SSSR count). The van der Waals surface area contributed by atoms with Crippen molar-refractivity contribution in [2.75, 3.05) is 22.8 Å². The van der Waals surface area contributed by atoms with Gasteiger partial charge in [-0.15, -0.1) is 0 Å². The highest BCUT2D eigenvalue weighted by atomic mass is 32.2. The summed E-state index contributed by atoms with van der Waals surface area (Å²) in [6.07, 6.45) is 3.72. The molecule has 0 radical (unpaired) electrons. The van der Waals surface area contributed by atoms with E-state index in [0.29, 0.717) is 18.2 Å². The fourth-order valence-electron chi connectivity index (χ4n) is 5.73. The minimum absolute atomic E-state index is 0.0708. The average Bonchev–Trinajstić information content (AvgIpc) is 2.58. The number of benzene rings is 1. The van der Waals surface area contributed by atoms with Crippen molar-refractivity contribution < 1.29 is 16.8 Å². The lowest BCUT2D eigenvalue weighted by Gasteiger charge is -2.43. The van der Waals surface area contributed by atoms with Crippen LogP contribution in [0.1, 0.15) is 70.4 Å². The highest BCUT2D eigenvalue weighted by Gasteiger charge is 2.42. The van der Waals surface area contributed by atoms with E-state index in [1.807, 2.05) is 26.0 Å². The van der Waals surface area contributed by atoms with Crippen molar-refractivity contribution >= 4 is 25.7 Å². The molecule has 1 aromatic rings. The van der Waals surface area contributed by atoms with Crippen LogP contribution < -0.4 is 4.72 Å². The van der Waals surface area contributed by atoms with Crippen molar-refractivity contribution in [3.05, 3.63) is 29.3 Å². The smallest absolute Gasteiger partial charge is 0.233 e. The SMILES string of the molecule is CC1CCN2C(C1)CC(CC(C)c1ccc3c(c1)C(C)(C)CS(=O)(=O)N3)CS2(=O)=O. The lowest BCUT2D eigenvalue weighted by Crippen LogP contribution is -2.52. The van der Waals surface area contributed by atoms with Gasteiger partial charge in [0, 0.05) is 18.0 Å². The second kappa shape index (κ2) is 7.48. The molecule has 2 fully saturated rings. The third-order valence-corrected chi connectivity index (χ3v) is 10.9. The molecule has 1 aromatic carbocycles. The van der Waals surface area contributed by atoms with Gasteiger partial charge in [0.25, 0.3) is 0 Å². The molecular formula is C22H34N2O4S2. The first-order valence-corrected chi connectivity index (χ1v) is 14.3. The molecule has 0 aliphatic carbocycles. The summed E-state index contributed by atoms with van der Waals surface area (Å²) in [7, 11) is -6.48. The number of sulfonamides is 2. The van der Waals surface area contributed by atoms with Crippen molar-refractivity contribution in [3.8, 4) is 0 Å². The molecule has 3 heterocycles. The van der Waals surface area contributed by atoms with Crippen LogP contribution in [0.2, 0.25) is 0 Å². The fraction of sp³-hybridized carbons (Fsp3) is 0.727. The Labute approximate surface area is 181 Å². The Morgan fingerprint density at radius 2 is 1.93 bits per heavy atom. The van der Waals surface area contributed by atoms with Crippen LogP contribution in [0.3, 0.4) is 0 Å². The second-order valence-electron chi connectivity index (χ2n) is 10.5. The maximum absolute atomic E-state index is 12.8. The Morgan fingerprint density at radius 3 is 2.67 bits per heavy atom. The van der Waals surface area contributed by atoms with E-state index in [1.165, 1.54) is 0 Å². The minimum Gasteiger partial charge on any atom is -0.283 e. The molecule has 4 unspecified atom stereocenters. The summed E-state index contributed by atoms with van der Waals surface area (Å²) in [5, 5.41) is 0. The third-order valence-electron chi connectivity index (χ3n) is 7.18. The van der Waals surface area contributed by atoms with Crippen LogP contribution in [0.4, 0.5) is 5.69 Å². The van der Waals surface area contributed by atoms with Crippen molar-refractivity contribution in [2.45, 2.75) is 70.8 Å². The molecule has 0 amide bonds. The van der Waals surface area contributed by atoms with Gasteiger partial charge in [0.15, 0.2) is 0 Å². The molecule has 8 heteroatoms. The van der Waals surface area contributed by atoms with E-state index in [-0.39, 0.29) is 29.4 Å². The molecule has 168 valence electrons. The molecule has 3 aliphatic rings. The number of fused-ring (bicyclic) bond motifs is 2. The number of nitrogens with one attached hydrogen (secondary N) is 1. The highest BCUT2D eigenvalue weighted by Crippen LogP contribution is 2.41. The molecule has 0 spiro atoms. The van der Waals surface area contributed by atoms with Crippen LogP contribution in [0.25, 0.3) is 0 Å². The summed E-state index contributed by atoms with van der Waals surface area (Å²) in [4.78, 5) is 0. The fourth-order valence-corrected chi connectivity index (χ4v) is 9.49. The Hall–Kier alpha value is -1.12. The molecule has 0 aromatic heterocycles. The molecule has 30 heavy (non-hydrogen) atoms. The lowest BCUT2D eigenvalue weighted by molar-refractivity contribution is 0.161. The van der Waals surface area contributed by atoms with Crippen LogP contribution in [0.5, 0.6) is 0 Å². The predicted octanol–water partition coefficient (Wildman–Crippen LogP) is 3.66. The zero-order valence-corrected chi connectivity index (χ0v) is 20.0. The van der Waals surface area contributed by atoms with Gasteiger partial charge in [-0.1, -0.05) is 39.8 Å². The maximum Gasteiger partial charge on any atom is 0.233 e. The Balaban J connectivity index is 1.53. The van der Waals surface area contributed by atoms with E-state index in [1.54, 1.807) is 4.31 Å². The first-order chi connectivity index (χ1) is 13.9. The van der Waals surface area contributed by atoms with Crippen LogP contribution >= 0.6 is 0 Å². The normalized spacial score (nSPS) is 33.0. The Bertz CT molecular complexity index is 1030. The van der Waals surface area contributed by atoms with Crippen molar-refractivity contribution in [1.82, 2.24) is 4.31 Å². The van der Waals surface area contributed by atoms with Gasteiger partial charge in [0.2, 0.25) is 20.0 Å². The van der Waals surface area contributed by atoms with E-state index >= 15 is 0 Å². The van der Waals surface area contributed by atoms with Crippen LogP contribution in [-0.2, 0) is 25.5 Å². The van der Waals surface area contributed by atoms with E-state index in [4.69, 9.17) is 0 Å². The number of nitrogens with zero attached hydrogens (tertiary/aromatic N) is 1. The molecule has 3 aliphatic heterocycles. The first-order valence-electron chi connectivity index (χ1n) is 11.0. The number of anilines is 1. The topological polar surface area (TPSA) is 83.6 Å².